The first-order valence-corrected chi connectivity index (χ1v) is 10.4. The van der Waals surface area contributed by atoms with Crippen LogP contribution in [0.2, 0.25) is 0 Å². The molecule has 1 unspecified atom stereocenters. The molecular formula is C20H26N4O3S. The highest BCUT2D eigenvalue weighted by atomic mass is 32.1. The molecule has 1 atom stereocenters. The van der Waals surface area contributed by atoms with E-state index in [2.05, 4.69) is 20.8 Å². The number of hydrogen-bond donors (Lipinski definition) is 2. The van der Waals surface area contributed by atoms with Crippen molar-refractivity contribution >= 4 is 28.3 Å². The van der Waals surface area contributed by atoms with Gasteiger partial charge >= 0.3 is 0 Å². The molecule has 150 valence electrons. The zero-order valence-electron chi connectivity index (χ0n) is 16.4. The molecule has 2 N–H and O–H groups in total. The molecule has 0 aliphatic heterocycles. The predicted octanol–water partition coefficient (Wildman–Crippen LogP) is 3.48. The lowest BCUT2D eigenvalue weighted by atomic mass is 10.0. The Morgan fingerprint density at radius 3 is 2.43 bits per heavy atom. The van der Waals surface area contributed by atoms with Crippen LogP contribution in [-0.2, 0) is 9.59 Å². The summed E-state index contributed by atoms with van der Waals surface area (Å²) in [5.74, 6) is 0.470. The number of amides is 2. The number of carbonyl (C=O) groups is 2. The van der Waals surface area contributed by atoms with Crippen molar-refractivity contribution in [1.82, 2.24) is 15.5 Å². The number of methoxy groups -OCH3 is 1. The molecule has 0 spiro atoms. The van der Waals surface area contributed by atoms with Crippen molar-refractivity contribution < 1.29 is 14.3 Å². The number of hydrogen-bond acceptors (Lipinski definition) is 6. The van der Waals surface area contributed by atoms with Gasteiger partial charge < -0.3 is 10.1 Å². The van der Waals surface area contributed by atoms with Crippen LogP contribution in [0.4, 0.5) is 5.13 Å². The predicted molar refractivity (Wildman–Crippen MR) is 109 cm³/mol. The van der Waals surface area contributed by atoms with E-state index in [1.165, 1.54) is 11.3 Å². The third-order valence-corrected chi connectivity index (χ3v) is 5.85. The lowest BCUT2D eigenvalue weighted by Crippen LogP contribution is -2.48. The quantitative estimate of drug-likeness (QED) is 0.739. The van der Waals surface area contributed by atoms with E-state index < -0.39 is 6.04 Å². The molecule has 1 aliphatic rings. The van der Waals surface area contributed by atoms with E-state index in [4.69, 9.17) is 4.74 Å². The molecule has 8 heteroatoms. The largest absolute Gasteiger partial charge is 0.497 e. The number of benzene rings is 1. The molecule has 1 saturated carbocycles. The fraction of sp³-hybridized carbons (Fsp3) is 0.500. The second-order valence-corrected chi connectivity index (χ2v) is 8.32. The van der Waals surface area contributed by atoms with Gasteiger partial charge in [-0.15, -0.1) is 10.2 Å². The fourth-order valence-electron chi connectivity index (χ4n) is 3.30. The van der Waals surface area contributed by atoms with Gasteiger partial charge in [0, 0.05) is 11.5 Å². The molecule has 1 aromatic heterocycles. The van der Waals surface area contributed by atoms with Gasteiger partial charge in [-0.2, -0.15) is 0 Å². The Labute approximate surface area is 168 Å². The summed E-state index contributed by atoms with van der Waals surface area (Å²) in [5.41, 5.74) is 0.897. The normalized spacial score (nSPS) is 15.4. The number of ether oxygens (including phenoxy) is 1. The Balaban J connectivity index is 1.64. The molecule has 1 heterocycles. The second kappa shape index (κ2) is 9.14. The van der Waals surface area contributed by atoms with Crippen LogP contribution in [-0.4, -0.2) is 35.2 Å². The molecule has 0 saturated heterocycles. The maximum absolute atomic E-state index is 12.7. The molecule has 1 aliphatic carbocycles. The van der Waals surface area contributed by atoms with Gasteiger partial charge in [-0.05, 0) is 43.0 Å². The first kappa shape index (κ1) is 20.3. The summed E-state index contributed by atoms with van der Waals surface area (Å²) >= 11 is 1.29. The second-order valence-electron chi connectivity index (χ2n) is 7.34. The van der Waals surface area contributed by atoms with Crippen LogP contribution in [0.3, 0.4) is 0 Å². The average Bonchev–Trinajstić information content (AvgIpc) is 3.38. The van der Waals surface area contributed by atoms with Crippen LogP contribution in [0.5, 0.6) is 5.75 Å². The molecular weight excluding hydrogens is 376 g/mol. The number of rotatable bonds is 7. The highest BCUT2D eigenvalue weighted by molar-refractivity contribution is 7.18. The smallest absolute Gasteiger partial charge is 0.249 e. The maximum Gasteiger partial charge on any atom is 0.249 e. The zero-order valence-corrected chi connectivity index (χ0v) is 17.2. The zero-order chi connectivity index (χ0) is 20.1. The lowest BCUT2D eigenvalue weighted by molar-refractivity contribution is -0.130. The van der Waals surface area contributed by atoms with Crippen LogP contribution in [0, 0.1) is 11.8 Å². The monoisotopic (exact) mass is 402 g/mol. The number of aromatic nitrogens is 2. The van der Waals surface area contributed by atoms with E-state index in [-0.39, 0.29) is 23.7 Å². The van der Waals surface area contributed by atoms with Crippen molar-refractivity contribution in [2.75, 3.05) is 12.4 Å². The minimum atomic E-state index is -0.596. The van der Waals surface area contributed by atoms with Gasteiger partial charge in [0.05, 0.1) is 7.11 Å². The van der Waals surface area contributed by atoms with Crippen LogP contribution in [0.1, 0.15) is 39.5 Å². The van der Waals surface area contributed by atoms with Gasteiger partial charge in [-0.3, -0.25) is 14.9 Å². The van der Waals surface area contributed by atoms with Crippen molar-refractivity contribution in [2.24, 2.45) is 11.8 Å². The Morgan fingerprint density at radius 1 is 1.14 bits per heavy atom. The van der Waals surface area contributed by atoms with Crippen LogP contribution >= 0.6 is 11.3 Å². The summed E-state index contributed by atoms with van der Waals surface area (Å²) < 4.78 is 5.16. The molecule has 2 aromatic rings. The Morgan fingerprint density at radius 2 is 1.82 bits per heavy atom. The Bertz CT molecular complexity index is 813. The van der Waals surface area contributed by atoms with Gasteiger partial charge in [0.15, 0.2) is 0 Å². The van der Waals surface area contributed by atoms with Gasteiger partial charge in [0.1, 0.15) is 16.8 Å². The highest BCUT2D eigenvalue weighted by Gasteiger charge is 2.29. The third kappa shape index (κ3) is 4.86. The first-order chi connectivity index (χ1) is 13.5. The van der Waals surface area contributed by atoms with Gasteiger partial charge in [-0.1, -0.05) is 38.0 Å². The van der Waals surface area contributed by atoms with E-state index in [0.29, 0.717) is 10.1 Å². The molecule has 0 radical (unpaired) electrons. The molecule has 1 fully saturated rings. The molecule has 3 rings (SSSR count). The molecule has 7 nitrogen and oxygen atoms in total. The number of carbonyl (C=O) groups excluding carboxylic acids is 2. The Kier molecular flexibility index (Phi) is 6.61. The minimum absolute atomic E-state index is 0.0252. The van der Waals surface area contributed by atoms with Gasteiger partial charge in [0.25, 0.3) is 0 Å². The van der Waals surface area contributed by atoms with Crippen molar-refractivity contribution in [1.29, 1.82) is 0 Å². The summed E-state index contributed by atoms with van der Waals surface area (Å²) in [6, 6.07) is 6.89. The van der Waals surface area contributed by atoms with E-state index >= 15 is 0 Å². The standard InChI is InChI=1S/C20H26N4O3S/c1-12(2)16(21-17(25)13-6-4-5-7-13)18(26)22-20-24-23-19(28-20)14-8-10-15(27-3)11-9-14/h8-13,16H,4-7H2,1-3H3,(H,21,25)(H,22,24,26). The summed E-state index contributed by atoms with van der Waals surface area (Å²) in [5, 5.41) is 15.1. The molecule has 28 heavy (non-hydrogen) atoms. The number of anilines is 1. The SMILES string of the molecule is COc1ccc(-c2nnc(NC(=O)C(NC(=O)C3CCCC3)C(C)C)s2)cc1. The van der Waals surface area contributed by atoms with Crippen LogP contribution < -0.4 is 15.4 Å². The fourth-order valence-corrected chi connectivity index (χ4v) is 4.05. The summed E-state index contributed by atoms with van der Waals surface area (Å²) in [6.45, 7) is 3.84. The van der Waals surface area contributed by atoms with Crippen LogP contribution in [0.25, 0.3) is 10.6 Å². The third-order valence-electron chi connectivity index (χ3n) is 4.96. The summed E-state index contributed by atoms with van der Waals surface area (Å²) in [4.78, 5) is 25.2. The first-order valence-electron chi connectivity index (χ1n) is 9.57. The average molecular weight is 403 g/mol. The number of nitrogens with one attached hydrogen (secondary N) is 2. The maximum atomic E-state index is 12.7. The van der Waals surface area contributed by atoms with Crippen molar-refractivity contribution in [3.05, 3.63) is 24.3 Å². The lowest BCUT2D eigenvalue weighted by Gasteiger charge is -2.22. The molecule has 0 bridgehead atoms. The van der Waals surface area contributed by atoms with E-state index in [9.17, 15) is 9.59 Å². The van der Waals surface area contributed by atoms with Crippen LogP contribution in [0.15, 0.2) is 24.3 Å². The summed E-state index contributed by atoms with van der Waals surface area (Å²) in [7, 11) is 1.62. The Hall–Kier alpha value is -2.48. The highest BCUT2D eigenvalue weighted by Crippen LogP contribution is 2.28. The minimum Gasteiger partial charge on any atom is -0.497 e. The summed E-state index contributed by atoms with van der Waals surface area (Å²) in [6.07, 6.45) is 3.96. The van der Waals surface area contributed by atoms with Crippen molar-refractivity contribution in [3.8, 4) is 16.3 Å². The molecule has 2 amide bonds. The van der Waals surface area contributed by atoms with E-state index in [0.717, 1.165) is 37.0 Å². The van der Waals surface area contributed by atoms with E-state index in [1.54, 1.807) is 7.11 Å². The van der Waals surface area contributed by atoms with Crippen molar-refractivity contribution in [3.63, 3.8) is 0 Å². The van der Waals surface area contributed by atoms with Gasteiger partial charge in [-0.25, -0.2) is 0 Å². The molecule has 1 aromatic carbocycles. The van der Waals surface area contributed by atoms with Gasteiger partial charge in [0.2, 0.25) is 16.9 Å². The topological polar surface area (TPSA) is 93.2 Å². The van der Waals surface area contributed by atoms with Crippen molar-refractivity contribution in [2.45, 2.75) is 45.6 Å². The van der Waals surface area contributed by atoms with E-state index in [1.807, 2.05) is 38.1 Å². The number of nitrogens with zero attached hydrogens (tertiary/aromatic N) is 2.